The number of carbonyl (C=O) groups is 2. The van der Waals surface area contributed by atoms with Crippen molar-refractivity contribution < 1.29 is 19.8 Å². The molecule has 2 N–H and O–H groups in total. The summed E-state index contributed by atoms with van der Waals surface area (Å²) < 4.78 is 0. The topological polar surface area (TPSA) is 90.7 Å². The Bertz CT molecular complexity index is 448. The smallest absolute Gasteiger partial charge is 0.303 e. The molecule has 0 aliphatic carbocycles. The van der Waals surface area contributed by atoms with Crippen molar-refractivity contribution in [1.29, 1.82) is 0 Å². The van der Waals surface area contributed by atoms with E-state index in [0.717, 1.165) is 0 Å². The largest absolute Gasteiger partial charge is 0.481 e. The van der Waals surface area contributed by atoms with Gasteiger partial charge in [0.15, 0.2) is 0 Å². The molecule has 1 aromatic heterocycles. The Morgan fingerprint density at radius 2 is 1.91 bits per heavy atom. The average molecular weight is 308 g/mol. The van der Waals surface area contributed by atoms with Crippen molar-refractivity contribution in [2.45, 2.75) is 44.6 Å². The van der Waals surface area contributed by atoms with E-state index in [2.05, 4.69) is 23.0 Å². The van der Waals surface area contributed by atoms with Crippen LogP contribution >= 0.6 is 0 Å². The number of likely N-dealkylation sites (tertiary alicyclic amines) is 1. The number of aromatic nitrogens is 1. The van der Waals surface area contributed by atoms with Gasteiger partial charge >= 0.3 is 11.9 Å². The predicted molar refractivity (Wildman–Crippen MR) is 82.6 cm³/mol. The lowest BCUT2D eigenvalue weighted by Crippen LogP contribution is -2.17. The van der Waals surface area contributed by atoms with Crippen LogP contribution < -0.4 is 0 Å². The van der Waals surface area contributed by atoms with Crippen LogP contribution in [0, 0.1) is 0 Å². The second-order valence-corrected chi connectivity index (χ2v) is 5.42. The van der Waals surface area contributed by atoms with Crippen LogP contribution in [0.5, 0.6) is 0 Å². The Balaban J connectivity index is 0.000000225. The van der Waals surface area contributed by atoms with Gasteiger partial charge in [0, 0.05) is 31.3 Å². The summed E-state index contributed by atoms with van der Waals surface area (Å²) in [5.41, 5.74) is 1.36. The minimum absolute atomic E-state index is 0.0628. The molecule has 0 aromatic carbocycles. The van der Waals surface area contributed by atoms with E-state index in [1.165, 1.54) is 24.9 Å². The first kappa shape index (κ1) is 18.1. The van der Waals surface area contributed by atoms with Gasteiger partial charge in [-0.25, -0.2) is 0 Å². The standard InChI is InChI=1S/C10H14N2.C6H10O4/c1-12-7-3-5-10(12)9-4-2-6-11-8-9;7-5(8)3-1-2-4-6(9)10/h2,4,6,8,10H,3,5,7H2,1H3;1-4H2,(H,7,8)(H,9,10). The van der Waals surface area contributed by atoms with E-state index in [0.29, 0.717) is 18.9 Å². The molecule has 1 atom stereocenters. The van der Waals surface area contributed by atoms with E-state index < -0.39 is 11.9 Å². The van der Waals surface area contributed by atoms with Gasteiger partial charge in [0.1, 0.15) is 0 Å². The normalized spacial score (nSPS) is 17.6. The molecule has 0 spiro atoms. The number of carboxylic acids is 2. The fourth-order valence-electron chi connectivity index (χ4n) is 2.46. The van der Waals surface area contributed by atoms with Gasteiger partial charge in [-0.3, -0.25) is 19.5 Å². The second-order valence-electron chi connectivity index (χ2n) is 5.42. The highest BCUT2D eigenvalue weighted by Gasteiger charge is 2.21. The maximum absolute atomic E-state index is 9.90. The predicted octanol–water partition coefficient (Wildman–Crippen LogP) is 2.56. The van der Waals surface area contributed by atoms with Crippen molar-refractivity contribution in [3.05, 3.63) is 30.1 Å². The molecule has 6 nitrogen and oxygen atoms in total. The molecule has 1 fully saturated rings. The maximum Gasteiger partial charge on any atom is 0.303 e. The zero-order valence-corrected chi connectivity index (χ0v) is 12.9. The molecule has 6 heteroatoms. The molecule has 0 saturated carbocycles. The number of rotatable bonds is 6. The van der Waals surface area contributed by atoms with Crippen molar-refractivity contribution in [2.24, 2.45) is 0 Å². The molecule has 1 saturated heterocycles. The van der Waals surface area contributed by atoms with E-state index in [9.17, 15) is 9.59 Å². The second kappa shape index (κ2) is 9.89. The molecule has 2 rings (SSSR count). The number of nitrogens with zero attached hydrogens (tertiary/aromatic N) is 2. The fraction of sp³-hybridized carbons (Fsp3) is 0.562. The SMILES string of the molecule is CN1CCCC1c1cccnc1.O=C(O)CCCCC(=O)O. The fourth-order valence-corrected chi connectivity index (χ4v) is 2.46. The van der Waals surface area contributed by atoms with E-state index in [1.807, 2.05) is 18.5 Å². The first-order valence-corrected chi connectivity index (χ1v) is 7.54. The number of unbranched alkanes of at least 4 members (excludes halogenated alkanes) is 1. The van der Waals surface area contributed by atoms with Crippen molar-refractivity contribution >= 4 is 11.9 Å². The average Bonchev–Trinajstić information content (AvgIpc) is 2.91. The Kier molecular flexibility index (Phi) is 8.14. The molecule has 0 bridgehead atoms. The monoisotopic (exact) mass is 308 g/mol. The summed E-state index contributed by atoms with van der Waals surface area (Å²) in [4.78, 5) is 26.3. The molecule has 0 amide bonds. The third-order valence-electron chi connectivity index (χ3n) is 3.62. The van der Waals surface area contributed by atoms with Gasteiger partial charge in [0.2, 0.25) is 0 Å². The minimum atomic E-state index is -0.870. The minimum Gasteiger partial charge on any atom is -0.481 e. The van der Waals surface area contributed by atoms with Crippen LogP contribution in [0.2, 0.25) is 0 Å². The first-order valence-electron chi connectivity index (χ1n) is 7.54. The van der Waals surface area contributed by atoms with E-state index in [-0.39, 0.29) is 12.8 Å². The van der Waals surface area contributed by atoms with E-state index >= 15 is 0 Å². The molecular weight excluding hydrogens is 284 g/mol. The molecule has 1 unspecified atom stereocenters. The number of pyridine rings is 1. The lowest BCUT2D eigenvalue weighted by atomic mass is 10.1. The quantitative estimate of drug-likeness (QED) is 0.785. The molecule has 22 heavy (non-hydrogen) atoms. The van der Waals surface area contributed by atoms with Gasteiger partial charge < -0.3 is 10.2 Å². The van der Waals surface area contributed by atoms with Crippen LogP contribution in [-0.2, 0) is 9.59 Å². The molecular formula is C16H24N2O4. The molecule has 122 valence electrons. The Morgan fingerprint density at radius 1 is 1.27 bits per heavy atom. The van der Waals surface area contributed by atoms with E-state index in [4.69, 9.17) is 10.2 Å². The number of hydrogen-bond acceptors (Lipinski definition) is 4. The van der Waals surface area contributed by atoms with Crippen LogP contribution in [0.4, 0.5) is 0 Å². The Labute approximate surface area is 130 Å². The maximum atomic E-state index is 9.90. The highest BCUT2D eigenvalue weighted by atomic mass is 16.4. The van der Waals surface area contributed by atoms with Crippen LogP contribution in [-0.4, -0.2) is 45.6 Å². The van der Waals surface area contributed by atoms with Crippen LogP contribution in [0.15, 0.2) is 24.5 Å². The van der Waals surface area contributed by atoms with Gasteiger partial charge in [0.05, 0.1) is 0 Å². The molecule has 1 aromatic rings. The number of hydrogen-bond donors (Lipinski definition) is 2. The highest BCUT2D eigenvalue weighted by Crippen LogP contribution is 2.29. The van der Waals surface area contributed by atoms with Crippen molar-refractivity contribution in [3.63, 3.8) is 0 Å². The van der Waals surface area contributed by atoms with Crippen molar-refractivity contribution in [2.75, 3.05) is 13.6 Å². The summed E-state index contributed by atoms with van der Waals surface area (Å²) in [5.74, 6) is -1.74. The lowest BCUT2D eigenvalue weighted by Gasteiger charge is -2.18. The van der Waals surface area contributed by atoms with E-state index in [1.54, 1.807) is 0 Å². The summed E-state index contributed by atoms with van der Waals surface area (Å²) in [7, 11) is 2.19. The van der Waals surface area contributed by atoms with Crippen LogP contribution in [0.3, 0.4) is 0 Å². The van der Waals surface area contributed by atoms with Gasteiger partial charge in [-0.05, 0) is 50.9 Å². The number of aliphatic carboxylic acids is 2. The first-order chi connectivity index (χ1) is 10.5. The third-order valence-corrected chi connectivity index (χ3v) is 3.62. The molecule has 2 heterocycles. The third kappa shape index (κ3) is 7.17. The van der Waals surface area contributed by atoms with Gasteiger partial charge in [-0.2, -0.15) is 0 Å². The van der Waals surface area contributed by atoms with Crippen LogP contribution in [0.1, 0.15) is 50.1 Å². The summed E-state index contributed by atoms with van der Waals surface area (Å²) in [6.45, 7) is 1.22. The summed E-state index contributed by atoms with van der Waals surface area (Å²) >= 11 is 0. The van der Waals surface area contributed by atoms with Crippen LogP contribution in [0.25, 0.3) is 0 Å². The molecule has 1 aliphatic rings. The molecule has 0 radical (unpaired) electrons. The van der Waals surface area contributed by atoms with Gasteiger partial charge in [-0.15, -0.1) is 0 Å². The van der Waals surface area contributed by atoms with Crippen molar-refractivity contribution in [1.82, 2.24) is 9.88 Å². The highest BCUT2D eigenvalue weighted by molar-refractivity contribution is 5.67. The zero-order valence-electron chi connectivity index (χ0n) is 12.9. The summed E-state index contributed by atoms with van der Waals surface area (Å²) in [6.07, 6.45) is 7.42. The van der Waals surface area contributed by atoms with Crippen molar-refractivity contribution in [3.8, 4) is 0 Å². The lowest BCUT2D eigenvalue weighted by molar-refractivity contribution is -0.139. The summed E-state index contributed by atoms with van der Waals surface area (Å²) in [6, 6.07) is 4.79. The zero-order chi connectivity index (χ0) is 16.4. The van der Waals surface area contributed by atoms with Gasteiger partial charge in [0.25, 0.3) is 0 Å². The number of carboxylic acid groups (broad SMARTS) is 2. The van der Waals surface area contributed by atoms with Gasteiger partial charge in [-0.1, -0.05) is 6.07 Å². The summed E-state index contributed by atoms with van der Waals surface area (Å²) in [5, 5.41) is 16.3. The molecule has 1 aliphatic heterocycles. The Morgan fingerprint density at radius 3 is 2.32 bits per heavy atom. The Hall–Kier alpha value is -1.95.